The summed E-state index contributed by atoms with van der Waals surface area (Å²) in [7, 11) is 0. The lowest BCUT2D eigenvalue weighted by Gasteiger charge is -2.39. The monoisotopic (exact) mass is 417 g/mol. The predicted octanol–water partition coefficient (Wildman–Crippen LogP) is 3.84. The number of rotatable bonds is 6. The molecule has 0 bridgehead atoms. The van der Waals surface area contributed by atoms with E-state index in [1.54, 1.807) is 9.80 Å². The second-order valence-corrected chi connectivity index (χ2v) is 8.55. The molecule has 1 aromatic carbocycles. The largest absolute Gasteiger partial charge is 0.348 e. The molecule has 0 aliphatic carbocycles. The third kappa shape index (κ3) is 4.55. The van der Waals surface area contributed by atoms with Gasteiger partial charge in [0.25, 0.3) is 0 Å². The van der Waals surface area contributed by atoms with E-state index in [-0.39, 0.29) is 35.8 Å². The quantitative estimate of drug-likeness (QED) is 0.717. The van der Waals surface area contributed by atoms with Crippen LogP contribution >= 0.6 is 0 Å². The van der Waals surface area contributed by atoms with Crippen molar-refractivity contribution in [3.8, 4) is 0 Å². The van der Waals surface area contributed by atoms with Gasteiger partial charge in [0, 0.05) is 49.1 Å². The Balaban J connectivity index is 1.94. The van der Waals surface area contributed by atoms with Crippen LogP contribution in [0.1, 0.15) is 45.0 Å². The molecule has 2 heterocycles. The van der Waals surface area contributed by atoms with Gasteiger partial charge in [0.15, 0.2) is 0 Å². The Morgan fingerprint density at radius 2 is 1.87 bits per heavy atom. The first kappa shape index (κ1) is 22.0. The van der Waals surface area contributed by atoms with Gasteiger partial charge in [0.1, 0.15) is 17.7 Å². The Labute approximate surface area is 176 Å². The Bertz CT molecular complexity index is 923. The van der Waals surface area contributed by atoms with E-state index in [0.29, 0.717) is 19.6 Å². The minimum absolute atomic E-state index is 0.0603. The van der Waals surface area contributed by atoms with Gasteiger partial charge < -0.3 is 14.4 Å². The molecule has 30 heavy (non-hydrogen) atoms. The van der Waals surface area contributed by atoms with Crippen LogP contribution in [0.2, 0.25) is 0 Å². The first-order chi connectivity index (χ1) is 14.2. The van der Waals surface area contributed by atoms with E-state index in [1.165, 1.54) is 12.1 Å². The van der Waals surface area contributed by atoms with Crippen LogP contribution in [0.15, 0.2) is 36.5 Å². The molecular formula is C23H29F2N3O2. The second kappa shape index (κ2) is 8.98. The first-order valence-corrected chi connectivity index (χ1v) is 10.4. The number of carbonyl (C=O) groups is 2. The molecule has 0 N–H and O–H groups in total. The summed E-state index contributed by atoms with van der Waals surface area (Å²) in [5.41, 5.74) is 1.01. The summed E-state index contributed by atoms with van der Waals surface area (Å²) in [5.74, 6) is -1.69. The highest BCUT2D eigenvalue weighted by Gasteiger charge is 2.35. The van der Waals surface area contributed by atoms with Crippen LogP contribution in [-0.4, -0.2) is 45.8 Å². The smallest absolute Gasteiger partial charge is 0.243 e. The van der Waals surface area contributed by atoms with Gasteiger partial charge in [-0.2, -0.15) is 0 Å². The van der Waals surface area contributed by atoms with Crippen molar-refractivity contribution >= 4 is 11.8 Å². The lowest BCUT2D eigenvalue weighted by atomic mass is 9.99. The van der Waals surface area contributed by atoms with Crippen LogP contribution < -0.4 is 0 Å². The van der Waals surface area contributed by atoms with E-state index in [2.05, 4.69) is 0 Å². The average molecular weight is 418 g/mol. The van der Waals surface area contributed by atoms with Gasteiger partial charge in [0.05, 0.1) is 6.54 Å². The van der Waals surface area contributed by atoms with E-state index in [1.807, 2.05) is 50.6 Å². The summed E-state index contributed by atoms with van der Waals surface area (Å²) in [5, 5.41) is 0. The van der Waals surface area contributed by atoms with Gasteiger partial charge in [-0.25, -0.2) is 8.78 Å². The highest BCUT2D eigenvalue weighted by Crippen LogP contribution is 2.34. The fourth-order valence-electron chi connectivity index (χ4n) is 4.00. The maximum atomic E-state index is 14.7. The second-order valence-electron chi connectivity index (χ2n) is 8.55. The molecule has 5 nitrogen and oxygen atoms in total. The summed E-state index contributed by atoms with van der Waals surface area (Å²) < 4.78 is 30.2. The molecule has 2 aromatic rings. The topological polar surface area (TPSA) is 45.6 Å². The molecule has 0 radical (unpaired) electrons. The zero-order valence-electron chi connectivity index (χ0n) is 17.9. The minimum atomic E-state index is -0.690. The SMILES string of the molecule is CC(C)CN(CC(=O)N1CCn2cccc2[C@@H]1c1ccc(F)cc1F)C(=O)C(C)C. The number of amides is 2. The maximum absolute atomic E-state index is 14.7. The van der Waals surface area contributed by atoms with E-state index < -0.39 is 17.7 Å². The molecule has 3 rings (SSSR count). The zero-order chi connectivity index (χ0) is 22.0. The fraction of sp³-hybridized carbons (Fsp3) is 0.478. The van der Waals surface area contributed by atoms with Crippen LogP contribution in [0.5, 0.6) is 0 Å². The molecule has 1 aliphatic rings. The summed E-state index contributed by atoms with van der Waals surface area (Å²) in [6.45, 7) is 8.99. The van der Waals surface area contributed by atoms with E-state index >= 15 is 0 Å². The summed E-state index contributed by atoms with van der Waals surface area (Å²) in [4.78, 5) is 29.2. The molecule has 1 aromatic heterocycles. The van der Waals surface area contributed by atoms with Crippen molar-refractivity contribution in [2.24, 2.45) is 11.8 Å². The Hall–Kier alpha value is -2.70. The molecule has 0 fully saturated rings. The number of aromatic nitrogens is 1. The van der Waals surface area contributed by atoms with Crippen molar-refractivity contribution in [3.05, 3.63) is 59.4 Å². The molecule has 1 aliphatic heterocycles. The predicted molar refractivity (Wildman–Crippen MR) is 111 cm³/mol. The van der Waals surface area contributed by atoms with E-state index in [4.69, 9.17) is 0 Å². The molecule has 0 spiro atoms. The number of hydrogen-bond acceptors (Lipinski definition) is 2. The summed E-state index contributed by atoms with van der Waals surface area (Å²) >= 11 is 0. The van der Waals surface area contributed by atoms with Crippen LogP contribution in [-0.2, 0) is 16.1 Å². The van der Waals surface area contributed by atoms with Crippen LogP contribution in [0.3, 0.4) is 0 Å². The van der Waals surface area contributed by atoms with Crippen LogP contribution in [0, 0.1) is 23.5 Å². The number of carbonyl (C=O) groups excluding carboxylic acids is 2. The highest BCUT2D eigenvalue weighted by molar-refractivity contribution is 5.86. The molecular weight excluding hydrogens is 388 g/mol. The molecule has 0 unspecified atom stereocenters. The number of benzene rings is 1. The Morgan fingerprint density at radius 3 is 2.50 bits per heavy atom. The van der Waals surface area contributed by atoms with E-state index in [0.717, 1.165) is 11.8 Å². The molecule has 0 saturated heterocycles. The third-order valence-corrected chi connectivity index (χ3v) is 5.33. The number of hydrogen-bond donors (Lipinski definition) is 0. The molecule has 0 saturated carbocycles. The fourth-order valence-corrected chi connectivity index (χ4v) is 4.00. The standard InChI is InChI=1S/C23H29F2N3O2/c1-15(2)13-27(23(30)16(3)4)14-21(29)28-11-10-26-9-5-6-20(26)22(28)18-8-7-17(24)12-19(18)25/h5-9,12,15-16,22H,10-11,13-14H2,1-4H3/t22-/m0/s1. The van der Waals surface area contributed by atoms with Crippen molar-refractivity contribution in [1.29, 1.82) is 0 Å². The van der Waals surface area contributed by atoms with Crippen molar-refractivity contribution in [1.82, 2.24) is 14.4 Å². The molecule has 2 amide bonds. The summed E-state index contributed by atoms with van der Waals surface area (Å²) in [6.07, 6.45) is 1.89. The Morgan fingerprint density at radius 1 is 1.13 bits per heavy atom. The normalized spacial score (nSPS) is 16.1. The van der Waals surface area contributed by atoms with Gasteiger partial charge in [-0.05, 0) is 24.1 Å². The van der Waals surface area contributed by atoms with E-state index in [9.17, 15) is 18.4 Å². The van der Waals surface area contributed by atoms with Crippen molar-refractivity contribution in [2.45, 2.75) is 40.3 Å². The number of fused-ring (bicyclic) bond motifs is 1. The average Bonchev–Trinajstić information content (AvgIpc) is 3.14. The van der Waals surface area contributed by atoms with Gasteiger partial charge in [-0.15, -0.1) is 0 Å². The number of nitrogens with zero attached hydrogens (tertiary/aromatic N) is 3. The molecule has 1 atom stereocenters. The first-order valence-electron chi connectivity index (χ1n) is 10.4. The van der Waals surface area contributed by atoms with Gasteiger partial charge in [0.2, 0.25) is 11.8 Å². The minimum Gasteiger partial charge on any atom is -0.348 e. The number of halogens is 2. The molecule has 162 valence electrons. The van der Waals surface area contributed by atoms with Gasteiger partial charge >= 0.3 is 0 Å². The zero-order valence-corrected chi connectivity index (χ0v) is 17.9. The van der Waals surface area contributed by atoms with Crippen molar-refractivity contribution in [2.75, 3.05) is 19.6 Å². The lowest BCUT2D eigenvalue weighted by Crippen LogP contribution is -2.49. The maximum Gasteiger partial charge on any atom is 0.243 e. The van der Waals surface area contributed by atoms with Gasteiger partial charge in [-0.3, -0.25) is 9.59 Å². The van der Waals surface area contributed by atoms with Crippen molar-refractivity contribution in [3.63, 3.8) is 0 Å². The molecule has 7 heteroatoms. The van der Waals surface area contributed by atoms with Crippen LogP contribution in [0.25, 0.3) is 0 Å². The third-order valence-electron chi connectivity index (χ3n) is 5.33. The Kier molecular flexibility index (Phi) is 6.58. The summed E-state index contributed by atoms with van der Waals surface area (Å²) in [6, 6.07) is 6.47. The van der Waals surface area contributed by atoms with Crippen LogP contribution in [0.4, 0.5) is 8.78 Å². The lowest BCUT2D eigenvalue weighted by molar-refractivity contribution is -0.144. The van der Waals surface area contributed by atoms with Gasteiger partial charge in [-0.1, -0.05) is 33.8 Å². The van der Waals surface area contributed by atoms with Crippen molar-refractivity contribution < 1.29 is 18.4 Å². The highest BCUT2D eigenvalue weighted by atomic mass is 19.1.